The van der Waals surface area contributed by atoms with Gasteiger partial charge < -0.3 is 19.9 Å². The number of hydrogen-bond acceptors (Lipinski definition) is 6. The average Bonchev–Trinajstić information content (AvgIpc) is 2.77. The van der Waals surface area contributed by atoms with Gasteiger partial charge in [0, 0.05) is 20.1 Å². The van der Waals surface area contributed by atoms with Gasteiger partial charge in [0.05, 0.1) is 25.5 Å². The van der Waals surface area contributed by atoms with Crippen LogP contribution in [0.3, 0.4) is 0 Å². The van der Waals surface area contributed by atoms with E-state index in [0.717, 1.165) is 11.0 Å². The summed E-state index contributed by atoms with van der Waals surface area (Å²) in [5, 5.41) is 8.67. The van der Waals surface area contributed by atoms with Crippen LogP contribution in [0, 0.1) is 0 Å². The van der Waals surface area contributed by atoms with E-state index < -0.39 is 0 Å². The molecule has 0 spiro atoms. The van der Waals surface area contributed by atoms with Gasteiger partial charge >= 0.3 is 0 Å². The fourth-order valence-corrected chi connectivity index (χ4v) is 2.51. The van der Waals surface area contributed by atoms with Crippen molar-refractivity contribution < 1.29 is 9.53 Å². The number of carbonyl (C=O) groups is 1. The highest BCUT2D eigenvalue weighted by Gasteiger charge is 2.18. The Balaban J connectivity index is 1.86. The molecule has 7 nitrogen and oxygen atoms in total. The molecular weight excluding hydrogens is 254 g/mol. The summed E-state index contributed by atoms with van der Waals surface area (Å²) in [6.45, 7) is 2.94. The van der Waals surface area contributed by atoms with Gasteiger partial charge in [-0.15, -0.1) is 10.2 Å². The van der Waals surface area contributed by atoms with Gasteiger partial charge in [-0.05, 0) is 0 Å². The van der Waals surface area contributed by atoms with Crippen molar-refractivity contribution in [3.8, 4) is 0 Å². The molecule has 0 saturated carbocycles. The summed E-state index contributed by atoms with van der Waals surface area (Å²) in [6.07, 6.45) is 0. The van der Waals surface area contributed by atoms with E-state index in [1.807, 2.05) is 16.5 Å². The first kappa shape index (κ1) is 13.3. The molecule has 1 aliphatic rings. The van der Waals surface area contributed by atoms with E-state index in [9.17, 15) is 4.79 Å². The Morgan fingerprint density at radius 3 is 2.78 bits per heavy atom. The Hall–Kier alpha value is -1.12. The summed E-state index contributed by atoms with van der Waals surface area (Å²) in [6, 6.07) is 0. The van der Waals surface area contributed by atoms with Crippen molar-refractivity contribution in [3.63, 3.8) is 0 Å². The van der Waals surface area contributed by atoms with Crippen LogP contribution in [0.5, 0.6) is 0 Å². The van der Waals surface area contributed by atoms with Crippen LogP contribution in [0.15, 0.2) is 5.16 Å². The van der Waals surface area contributed by atoms with Crippen molar-refractivity contribution >= 4 is 17.7 Å². The molecule has 1 aliphatic heterocycles. The normalized spacial score (nSPS) is 16.0. The van der Waals surface area contributed by atoms with Gasteiger partial charge in [-0.25, -0.2) is 0 Å². The Kier molecular flexibility index (Phi) is 4.56. The van der Waals surface area contributed by atoms with Crippen molar-refractivity contribution in [2.45, 2.75) is 11.7 Å². The van der Waals surface area contributed by atoms with E-state index in [1.54, 1.807) is 0 Å². The molecule has 18 heavy (non-hydrogen) atoms. The van der Waals surface area contributed by atoms with Crippen molar-refractivity contribution in [1.82, 2.24) is 19.7 Å². The highest BCUT2D eigenvalue weighted by atomic mass is 32.2. The molecule has 100 valence electrons. The Labute approximate surface area is 110 Å². The fraction of sp³-hybridized carbons (Fsp3) is 0.700. The number of aromatic nitrogens is 3. The molecule has 8 heteroatoms. The second kappa shape index (κ2) is 6.17. The second-order valence-corrected chi connectivity index (χ2v) is 4.89. The van der Waals surface area contributed by atoms with Crippen LogP contribution in [0.2, 0.25) is 0 Å². The van der Waals surface area contributed by atoms with Crippen molar-refractivity contribution in [2.24, 2.45) is 12.8 Å². The summed E-state index contributed by atoms with van der Waals surface area (Å²) < 4.78 is 7.03. The quantitative estimate of drug-likeness (QED) is 0.723. The van der Waals surface area contributed by atoms with E-state index in [1.165, 1.54) is 11.8 Å². The van der Waals surface area contributed by atoms with Gasteiger partial charge in [0.1, 0.15) is 5.82 Å². The molecular formula is C10H17N5O2S. The standard InChI is InChI=1S/C10H17N5O2S/c1-14-8(6-11)12-13-10(14)18-7-9(16)15-2-4-17-5-3-15/h2-7,11H2,1H3. The lowest BCUT2D eigenvalue weighted by Crippen LogP contribution is -2.41. The molecule has 1 fully saturated rings. The number of amides is 1. The molecule has 1 amide bonds. The zero-order valence-corrected chi connectivity index (χ0v) is 11.2. The third-order valence-corrected chi connectivity index (χ3v) is 3.80. The first-order valence-corrected chi connectivity index (χ1v) is 6.77. The van der Waals surface area contributed by atoms with Crippen LogP contribution in [-0.4, -0.2) is 57.6 Å². The van der Waals surface area contributed by atoms with E-state index in [4.69, 9.17) is 10.5 Å². The van der Waals surface area contributed by atoms with Gasteiger partial charge in [-0.2, -0.15) is 0 Å². The number of thioether (sulfide) groups is 1. The SMILES string of the molecule is Cn1c(CN)nnc1SCC(=O)N1CCOCC1. The number of ether oxygens (including phenoxy) is 1. The highest BCUT2D eigenvalue weighted by molar-refractivity contribution is 7.99. The van der Waals surface area contributed by atoms with Crippen LogP contribution in [-0.2, 0) is 23.1 Å². The van der Waals surface area contributed by atoms with Gasteiger partial charge in [0.25, 0.3) is 0 Å². The number of nitrogens with zero attached hydrogens (tertiary/aromatic N) is 4. The monoisotopic (exact) mass is 271 g/mol. The van der Waals surface area contributed by atoms with E-state index in [-0.39, 0.29) is 5.91 Å². The summed E-state index contributed by atoms with van der Waals surface area (Å²) in [7, 11) is 1.85. The molecule has 0 radical (unpaired) electrons. The molecule has 0 unspecified atom stereocenters. The zero-order valence-electron chi connectivity index (χ0n) is 10.3. The predicted octanol–water partition coefficient (Wildman–Crippen LogP) is -0.775. The first-order chi connectivity index (χ1) is 8.72. The fourth-order valence-electron chi connectivity index (χ4n) is 1.68. The molecule has 0 atom stereocenters. The number of carbonyl (C=O) groups excluding carboxylic acids is 1. The van der Waals surface area contributed by atoms with Gasteiger partial charge in [-0.1, -0.05) is 11.8 Å². The van der Waals surface area contributed by atoms with Gasteiger partial charge in [-0.3, -0.25) is 4.79 Å². The van der Waals surface area contributed by atoms with Crippen LogP contribution in [0.25, 0.3) is 0 Å². The smallest absolute Gasteiger partial charge is 0.233 e. The molecule has 0 aromatic carbocycles. The van der Waals surface area contributed by atoms with E-state index >= 15 is 0 Å². The molecule has 1 aromatic heterocycles. The van der Waals surface area contributed by atoms with Crippen LogP contribution >= 0.6 is 11.8 Å². The molecule has 1 aromatic rings. The lowest BCUT2D eigenvalue weighted by molar-refractivity contribution is -0.132. The number of hydrogen-bond donors (Lipinski definition) is 1. The Morgan fingerprint density at radius 1 is 1.44 bits per heavy atom. The minimum Gasteiger partial charge on any atom is -0.378 e. The predicted molar refractivity (Wildman–Crippen MR) is 67.0 cm³/mol. The van der Waals surface area contributed by atoms with E-state index in [2.05, 4.69) is 10.2 Å². The second-order valence-electron chi connectivity index (χ2n) is 3.94. The minimum atomic E-state index is 0.112. The molecule has 0 aliphatic carbocycles. The third kappa shape index (κ3) is 3.01. The van der Waals surface area contributed by atoms with Crippen molar-refractivity contribution in [3.05, 3.63) is 5.82 Å². The van der Waals surface area contributed by atoms with Crippen molar-refractivity contribution in [1.29, 1.82) is 0 Å². The maximum atomic E-state index is 11.9. The number of rotatable bonds is 4. The number of nitrogens with two attached hydrogens (primary N) is 1. The maximum absolute atomic E-state index is 11.9. The topological polar surface area (TPSA) is 86.3 Å². The molecule has 1 saturated heterocycles. The van der Waals surface area contributed by atoms with E-state index in [0.29, 0.717) is 38.6 Å². The lowest BCUT2D eigenvalue weighted by atomic mass is 10.4. The summed E-state index contributed by atoms with van der Waals surface area (Å²) in [5.41, 5.74) is 5.52. The molecule has 2 N–H and O–H groups in total. The van der Waals surface area contributed by atoms with Crippen LogP contribution in [0.1, 0.15) is 5.82 Å². The number of morpholine rings is 1. The molecule has 2 rings (SSSR count). The summed E-state index contributed by atoms with van der Waals surface area (Å²) in [4.78, 5) is 13.7. The Bertz CT molecular complexity index is 416. The first-order valence-electron chi connectivity index (χ1n) is 5.79. The van der Waals surface area contributed by atoms with Crippen LogP contribution < -0.4 is 5.73 Å². The molecule has 0 bridgehead atoms. The zero-order chi connectivity index (χ0) is 13.0. The average molecular weight is 271 g/mol. The third-order valence-electron chi connectivity index (χ3n) is 2.80. The lowest BCUT2D eigenvalue weighted by Gasteiger charge is -2.26. The highest BCUT2D eigenvalue weighted by Crippen LogP contribution is 2.16. The van der Waals surface area contributed by atoms with Gasteiger partial charge in [0.15, 0.2) is 5.16 Å². The summed E-state index contributed by atoms with van der Waals surface area (Å²) >= 11 is 1.39. The maximum Gasteiger partial charge on any atom is 0.233 e. The largest absolute Gasteiger partial charge is 0.378 e. The molecule has 2 heterocycles. The summed E-state index contributed by atoms with van der Waals surface area (Å²) in [5.74, 6) is 1.20. The van der Waals surface area contributed by atoms with Gasteiger partial charge in [0.2, 0.25) is 5.91 Å². The minimum absolute atomic E-state index is 0.112. The van der Waals surface area contributed by atoms with Crippen LogP contribution in [0.4, 0.5) is 0 Å². The van der Waals surface area contributed by atoms with Crippen molar-refractivity contribution in [2.75, 3.05) is 32.1 Å². The Morgan fingerprint density at radius 2 is 2.17 bits per heavy atom.